The van der Waals surface area contributed by atoms with E-state index in [4.69, 9.17) is 5.11 Å². The molecule has 1 aliphatic rings. The maximum Gasteiger partial charge on any atom is 0.238 e. The lowest BCUT2D eigenvalue weighted by Crippen LogP contribution is -2.46. The zero-order valence-electron chi connectivity index (χ0n) is 9.51. The number of rotatable bonds is 4. The molecule has 16 heavy (non-hydrogen) atoms. The van der Waals surface area contributed by atoms with Gasteiger partial charge in [-0.15, -0.1) is 0 Å². The van der Waals surface area contributed by atoms with E-state index in [-0.39, 0.29) is 12.5 Å². The molecule has 94 valence electrons. The second-order valence-corrected chi connectivity index (χ2v) is 6.06. The molecule has 0 radical (unpaired) electrons. The Morgan fingerprint density at radius 3 is 2.75 bits per heavy atom. The van der Waals surface area contributed by atoms with Gasteiger partial charge in [0, 0.05) is 13.1 Å². The fourth-order valence-electron chi connectivity index (χ4n) is 1.77. The van der Waals surface area contributed by atoms with E-state index in [1.807, 2.05) is 0 Å². The highest BCUT2D eigenvalue weighted by Gasteiger charge is 2.36. The van der Waals surface area contributed by atoms with Crippen molar-refractivity contribution in [1.29, 1.82) is 0 Å². The van der Waals surface area contributed by atoms with E-state index < -0.39 is 22.2 Å². The fraction of sp³-hybridized carbons (Fsp3) is 0.889. The lowest BCUT2D eigenvalue weighted by molar-refractivity contribution is -0.124. The molecule has 1 rings (SSSR count). The number of amides is 1. The Bertz CT molecular complexity index is 353. The van der Waals surface area contributed by atoms with Gasteiger partial charge in [-0.25, -0.2) is 8.42 Å². The number of hydrogen-bond acceptors (Lipinski definition) is 4. The van der Waals surface area contributed by atoms with E-state index >= 15 is 0 Å². The minimum Gasteiger partial charge on any atom is -0.392 e. The molecule has 0 aromatic heterocycles. The average molecular weight is 250 g/mol. The van der Waals surface area contributed by atoms with Crippen molar-refractivity contribution in [3.05, 3.63) is 0 Å². The Hall–Kier alpha value is -0.660. The largest absolute Gasteiger partial charge is 0.392 e. The van der Waals surface area contributed by atoms with Crippen molar-refractivity contribution in [2.45, 2.75) is 31.9 Å². The van der Waals surface area contributed by atoms with Crippen molar-refractivity contribution in [2.24, 2.45) is 0 Å². The quantitative estimate of drug-likeness (QED) is 0.663. The van der Waals surface area contributed by atoms with Gasteiger partial charge in [0.15, 0.2) is 0 Å². The maximum atomic E-state index is 11.7. The minimum absolute atomic E-state index is 0.146. The highest BCUT2D eigenvalue weighted by molar-refractivity contribution is 7.88. The molecule has 0 aliphatic carbocycles. The predicted octanol–water partition coefficient (Wildman–Crippen LogP) is -1.09. The molecule has 6 nitrogen and oxygen atoms in total. The molecule has 2 N–H and O–H groups in total. The summed E-state index contributed by atoms with van der Waals surface area (Å²) in [6, 6.07) is -0.617. The zero-order valence-corrected chi connectivity index (χ0v) is 10.3. The number of sulfonamides is 1. The van der Waals surface area contributed by atoms with Crippen LogP contribution in [0.25, 0.3) is 0 Å². The van der Waals surface area contributed by atoms with Crippen molar-refractivity contribution in [3.8, 4) is 0 Å². The van der Waals surface area contributed by atoms with Crippen LogP contribution in [0.15, 0.2) is 0 Å². The predicted molar refractivity (Wildman–Crippen MR) is 59.3 cm³/mol. The molecule has 1 saturated heterocycles. The highest BCUT2D eigenvalue weighted by atomic mass is 32.2. The summed E-state index contributed by atoms with van der Waals surface area (Å²) in [5.41, 5.74) is 0. The summed E-state index contributed by atoms with van der Waals surface area (Å²) in [6.07, 6.45) is 1.71. The van der Waals surface area contributed by atoms with Gasteiger partial charge in [-0.3, -0.25) is 4.79 Å². The Morgan fingerprint density at radius 1 is 1.62 bits per heavy atom. The van der Waals surface area contributed by atoms with Gasteiger partial charge < -0.3 is 10.4 Å². The number of carbonyl (C=O) groups is 1. The van der Waals surface area contributed by atoms with Crippen LogP contribution in [0.4, 0.5) is 0 Å². The summed E-state index contributed by atoms with van der Waals surface area (Å²) < 4.78 is 24.0. The standard InChI is InChI=1S/C9H18N2O4S/c1-7(12)6-10-9(13)8-4-3-5-11(8)16(2,14)15/h7-8,12H,3-6H2,1-2H3,(H,10,13)/t7-,8?/m0/s1. The van der Waals surface area contributed by atoms with Crippen LogP contribution in [0.3, 0.4) is 0 Å². The summed E-state index contributed by atoms with van der Waals surface area (Å²) >= 11 is 0. The van der Waals surface area contributed by atoms with Crippen LogP contribution in [0.5, 0.6) is 0 Å². The number of nitrogens with one attached hydrogen (secondary N) is 1. The van der Waals surface area contributed by atoms with Crippen molar-refractivity contribution in [3.63, 3.8) is 0 Å². The van der Waals surface area contributed by atoms with Gasteiger partial charge in [-0.05, 0) is 19.8 Å². The molecule has 0 aromatic rings. The minimum atomic E-state index is -3.33. The number of nitrogens with zero attached hydrogens (tertiary/aromatic N) is 1. The zero-order chi connectivity index (χ0) is 12.3. The molecule has 1 heterocycles. The van der Waals surface area contributed by atoms with Crippen LogP contribution in [0, 0.1) is 0 Å². The molecule has 0 spiro atoms. The Labute approximate surface area is 95.7 Å². The molecule has 1 fully saturated rings. The molecule has 1 amide bonds. The van der Waals surface area contributed by atoms with Gasteiger partial charge in [0.2, 0.25) is 15.9 Å². The van der Waals surface area contributed by atoms with Crippen LogP contribution < -0.4 is 5.32 Å². The summed E-state index contributed by atoms with van der Waals surface area (Å²) in [7, 11) is -3.33. The van der Waals surface area contributed by atoms with Gasteiger partial charge >= 0.3 is 0 Å². The Balaban J connectivity index is 2.62. The van der Waals surface area contributed by atoms with E-state index in [1.165, 1.54) is 4.31 Å². The van der Waals surface area contributed by atoms with Crippen LogP contribution in [0.1, 0.15) is 19.8 Å². The first-order valence-corrected chi connectivity index (χ1v) is 7.10. The van der Waals surface area contributed by atoms with Gasteiger partial charge in [-0.1, -0.05) is 0 Å². The molecule has 2 atom stereocenters. The topological polar surface area (TPSA) is 86.7 Å². The monoisotopic (exact) mass is 250 g/mol. The Kier molecular flexibility index (Phi) is 4.28. The van der Waals surface area contributed by atoms with Crippen molar-refractivity contribution < 1.29 is 18.3 Å². The summed E-state index contributed by atoms with van der Waals surface area (Å²) in [5.74, 6) is -0.330. The van der Waals surface area contributed by atoms with E-state index in [0.29, 0.717) is 19.4 Å². The van der Waals surface area contributed by atoms with E-state index in [1.54, 1.807) is 6.92 Å². The molecule has 0 saturated carbocycles. The van der Waals surface area contributed by atoms with Gasteiger partial charge in [0.05, 0.1) is 12.4 Å². The second kappa shape index (κ2) is 5.11. The van der Waals surface area contributed by atoms with Crippen LogP contribution in [-0.4, -0.2) is 55.2 Å². The summed E-state index contributed by atoms with van der Waals surface area (Å²) in [4.78, 5) is 11.7. The summed E-state index contributed by atoms with van der Waals surface area (Å²) in [5, 5.41) is 11.6. The molecule has 0 bridgehead atoms. The first-order valence-electron chi connectivity index (χ1n) is 5.25. The SMILES string of the molecule is C[C@H](O)CNC(=O)C1CCCN1S(C)(=O)=O. The van der Waals surface area contributed by atoms with E-state index in [2.05, 4.69) is 5.32 Å². The van der Waals surface area contributed by atoms with Gasteiger partial charge in [0.25, 0.3) is 0 Å². The van der Waals surface area contributed by atoms with E-state index in [9.17, 15) is 13.2 Å². The second-order valence-electron chi connectivity index (χ2n) is 4.13. The molecule has 0 aromatic carbocycles. The Morgan fingerprint density at radius 2 is 2.25 bits per heavy atom. The van der Waals surface area contributed by atoms with E-state index in [0.717, 1.165) is 6.26 Å². The number of aliphatic hydroxyl groups excluding tert-OH is 1. The number of carbonyl (C=O) groups excluding carboxylic acids is 1. The smallest absolute Gasteiger partial charge is 0.238 e. The molecular weight excluding hydrogens is 232 g/mol. The number of hydrogen-bond donors (Lipinski definition) is 2. The average Bonchev–Trinajstić information content (AvgIpc) is 2.61. The fourth-order valence-corrected chi connectivity index (χ4v) is 2.89. The lowest BCUT2D eigenvalue weighted by Gasteiger charge is -2.21. The lowest BCUT2D eigenvalue weighted by atomic mass is 10.2. The third kappa shape index (κ3) is 3.43. The first kappa shape index (κ1) is 13.4. The highest BCUT2D eigenvalue weighted by Crippen LogP contribution is 2.20. The number of aliphatic hydroxyl groups is 1. The van der Waals surface area contributed by atoms with Crippen molar-refractivity contribution >= 4 is 15.9 Å². The van der Waals surface area contributed by atoms with Crippen LogP contribution in [-0.2, 0) is 14.8 Å². The maximum absolute atomic E-state index is 11.7. The third-order valence-corrected chi connectivity index (χ3v) is 3.79. The van der Waals surface area contributed by atoms with Crippen molar-refractivity contribution in [1.82, 2.24) is 9.62 Å². The molecule has 7 heteroatoms. The summed E-state index contributed by atoms with van der Waals surface area (Å²) in [6.45, 7) is 2.10. The molecular formula is C9H18N2O4S. The molecule has 1 aliphatic heterocycles. The first-order chi connectivity index (χ1) is 7.32. The molecule has 1 unspecified atom stereocenters. The van der Waals surface area contributed by atoms with Crippen molar-refractivity contribution in [2.75, 3.05) is 19.3 Å². The third-order valence-electron chi connectivity index (χ3n) is 2.50. The normalized spacial score (nSPS) is 24.3. The van der Waals surface area contributed by atoms with Gasteiger partial charge in [-0.2, -0.15) is 4.31 Å². The van der Waals surface area contributed by atoms with Crippen LogP contribution in [0.2, 0.25) is 0 Å². The van der Waals surface area contributed by atoms with Crippen LogP contribution >= 0.6 is 0 Å². The van der Waals surface area contributed by atoms with Gasteiger partial charge in [0.1, 0.15) is 6.04 Å².